The highest BCUT2D eigenvalue weighted by Crippen LogP contribution is 2.38. The summed E-state index contributed by atoms with van der Waals surface area (Å²) >= 11 is 9.53. The molecule has 0 heterocycles. The molecule has 0 unspecified atom stereocenters. The van der Waals surface area contributed by atoms with Crippen LogP contribution in [0.15, 0.2) is 40.9 Å². The number of hydrogen-bond acceptors (Lipinski definition) is 1. The molecule has 82 valence electrons. The van der Waals surface area contributed by atoms with Gasteiger partial charge in [0, 0.05) is 10.0 Å². The molecule has 3 heteroatoms. The fourth-order valence-electron chi connectivity index (χ4n) is 1.64. The summed E-state index contributed by atoms with van der Waals surface area (Å²) in [6, 6.07) is 11.1. The highest BCUT2D eigenvalue weighted by Gasteiger charge is 2.11. The van der Waals surface area contributed by atoms with Crippen molar-refractivity contribution >= 4 is 27.5 Å². The molecule has 0 saturated carbocycles. The molecule has 0 aliphatic heterocycles. The van der Waals surface area contributed by atoms with Crippen LogP contribution < -0.4 is 0 Å². The molecule has 2 aromatic rings. The second-order valence-corrected chi connectivity index (χ2v) is 4.92. The van der Waals surface area contributed by atoms with Crippen LogP contribution in [0.1, 0.15) is 5.56 Å². The van der Waals surface area contributed by atoms with Gasteiger partial charge in [0.2, 0.25) is 0 Å². The Labute approximate surface area is 108 Å². The van der Waals surface area contributed by atoms with E-state index in [9.17, 15) is 5.11 Å². The Hall–Kier alpha value is -0.990. The summed E-state index contributed by atoms with van der Waals surface area (Å²) in [4.78, 5) is 0. The van der Waals surface area contributed by atoms with Gasteiger partial charge in [0.25, 0.3) is 0 Å². The van der Waals surface area contributed by atoms with E-state index in [4.69, 9.17) is 11.6 Å². The predicted octanol–water partition coefficient (Wildman–Crippen LogP) is 4.78. The quantitative estimate of drug-likeness (QED) is 0.803. The van der Waals surface area contributed by atoms with Gasteiger partial charge in [-0.2, -0.15) is 0 Å². The summed E-state index contributed by atoms with van der Waals surface area (Å²) < 4.78 is 0.965. The zero-order valence-corrected chi connectivity index (χ0v) is 11.0. The second-order valence-electron chi connectivity index (χ2n) is 3.59. The summed E-state index contributed by atoms with van der Waals surface area (Å²) in [6.45, 7) is 1.99. The van der Waals surface area contributed by atoms with Gasteiger partial charge in [0.1, 0.15) is 5.75 Å². The van der Waals surface area contributed by atoms with Crippen LogP contribution >= 0.6 is 27.5 Å². The van der Waals surface area contributed by atoms with Crippen molar-refractivity contribution in [1.82, 2.24) is 0 Å². The predicted molar refractivity (Wildman–Crippen MR) is 71.0 cm³/mol. The first-order valence-electron chi connectivity index (χ1n) is 4.83. The Kier molecular flexibility index (Phi) is 3.22. The number of aryl methyl sites for hydroxylation is 1. The van der Waals surface area contributed by atoms with Crippen LogP contribution in [0, 0.1) is 6.92 Å². The minimum absolute atomic E-state index is 0.203. The molecule has 0 saturated heterocycles. The highest BCUT2D eigenvalue weighted by atomic mass is 79.9. The minimum Gasteiger partial charge on any atom is -0.507 e. The summed E-state index contributed by atoms with van der Waals surface area (Å²) in [7, 11) is 0. The minimum atomic E-state index is 0.203. The summed E-state index contributed by atoms with van der Waals surface area (Å²) in [6.07, 6.45) is 0. The molecule has 0 aliphatic carbocycles. The molecular weight excluding hydrogens is 287 g/mol. The van der Waals surface area contributed by atoms with Crippen LogP contribution in [0.2, 0.25) is 5.02 Å². The number of aromatic hydroxyl groups is 1. The topological polar surface area (TPSA) is 20.2 Å². The molecule has 0 spiro atoms. The molecular formula is C13H10BrClO. The van der Waals surface area contributed by atoms with Gasteiger partial charge in [-0.25, -0.2) is 0 Å². The molecule has 0 fully saturated rings. The molecule has 0 radical (unpaired) electrons. The van der Waals surface area contributed by atoms with E-state index in [0.717, 1.165) is 15.6 Å². The highest BCUT2D eigenvalue weighted by molar-refractivity contribution is 9.10. The third-order valence-corrected chi connectivity index (χ3v) is 3.27. The number of phenolic OH excluding ortho intramolecular Hbond substituents is 1. The van der Waals surface area contributed by atoms with E-state index in [1.807, 2.05) is 25.1 Å². The molecule has 1 N–H and O–H groups in total. The van der Waals surface area contributed by atoms with Crippen molar-refractivity contribution in [3.63, 3.8) is 0 Å². The lowest BCUT2D eigenvalue weighted by atomic mass is 10.00. The Morgan fingerprint density at radius 1 is 1.19 bits per heavy atom. The van der Waals surface area contributed by atoms with Gasteiger partial charge in [0.05, 0.1) is 5.02 Å². The number of hydrogen-bond donors (Lipinski definition) is 1. The number of benzene rings is 2. The Balaban J connectivity index is 2.72. The molecule has 1 nitrogen and oxygen atoms in total. The second kappa shape index (κ2) is 4.48. The molecule has 2 rings (SSSR count). The maximum Gasteiger partial charge on any atom is 0.124 e. The zero-order valence-electron chi connectivity index (χ0n) is 8.67. The van der Waals surface area contributed by atoms with Gasteiger partial charge in [-0.05, 0) is 42.3 Å². The molecule has 0 amide bonds. The molecule has 0 aromatic heterocycles. The van der Waals surface area contributed by atoms with Crippen LogP contribution in [0.3, 0.4) is 0 Å². The normalized spacial score (nSPS) is 10.4. The number of rotatable bonds is 1. The van der Waals surface area contributed by atoms with Crippen molar-refractivity contribution < 1.29 is 5.11 Å². The van der Waals surface area contributed by atoms with Crippen LogP contribution in [-0.4, -0.2) is 5.11 Å². The van der Waals surface area contributed by atoms with Gasteiger partial charge in [-0.1, -0.05) is 39.7 Å². The summed E-state index contributed by atoms with van der Waals surface area (Å²) in [5, 5.41) is 10.4. The lowest BCUT2D eigenvalue weighted by Crippen LogP contribution is -1.85. The smallest absolute Gasteiger partial charge is 0.124 e. The van der Waals surface area contributed by atoms with Gasteiger partial charge in [0.15, 0.2) is 0 Å². The third-order valence-electron chi connectivity index (χ3n) is 2.46. The lowest BCUT2D eigenvalue weighted by molar-refractivity contribution is 0.477. The maximum atomic E-state index is 9.86. The van der Waals surface area contributed by atoms with E-state index in [0.29, 0.717) is 10.6 Å². The fourth-order valence-corrected chi connectivity index (χ4v) is 2.28. The average Bonchev–Trinajstić information content (AvgIpc) is 2.23. The Bertz CT molecular complexity index is 517. The molecule has 0 bridgehead atoms. The standard InChI is InChI=1S/C13H10BrClO/c1-8-5-6-9(14)7-10(8)13-11(15)3-2-4-12(13)16/h2-7,16H,1H3. The van der Waals surface area contributed by atoms with E-state index in [1.54, 1.807) is 18.2 Å². The zero-order chi connectivity index (χ0) is 11.7. The monoisotopic (exact) mass is 296 g/mol. The van der Waals surface area contributed by atoms with Gasteiger partial charge < -0.3 is 5.11 Å². The van der Waals surface area contributed by atoms with Crippen LogP contribution in [0.4, 0.5) is 0 Å². The first-order chi connectivity index (χ1) is 7.59. The molecule has 2 aromatic carbocycles. The summed E-state index contributed by atoms with van der Waals surface area (Å²) in [5.41, 5.74) is 2.70. The maximum absolute atomic E-state index is 9.86. The first-order valence-corrected chi connectivity index (χ1v) is 6.00. The van der Waals surface area contributed by atoms with Crippen molar-refractivity contribution in [2.24, 2.45) is 0 Å². The van der Waals surface area contributed by atoms with Crippen LogP contribution in [0.25, 0.3) is 11.1 Å². The molecule has 0 aliphatic rings. The largest absolute Gasteiger partial charge is 0.507 e. The van der Waals surface area contributed by atoms with E-state index >= 15 is 0 Å². The Morgan fingerprint density at radius 2 is 1.94 bits per heavy atom. The van der Waals surface area contributed by atoms with Crippen molar-refractivity contribution in [3.05, 3.63) is 51.5 Å². The third kappa shape index (κ3) is 2.08. The van der Waals surface area contributed by atoms with E-state index in [-0.39, 0.29) is 5.75 Å². The van der Waals surface area contributed by atoms with Gasteiger partial charge in [-0.15, -0.1) is 0 Å². The number of phenols is 1. The molecule has 16 heavy (non-hydrogen) atoms. The molecule has 0 atom stereocenters. The van der Waals surface area contributed by atoms with Gasteiger partial charge in [-0.3, -0.25) is 0 Å². The van der Waals surface area contributed by atoms with Crippen molar-refractivity contribution in [3.8, 4) is 16.9 Å². The van der Waals surface area contributed by atoms with Crippen molar-refractivity contribution in [2.45, 2.75) is 6.92 Å². The van der Waals surface area contributed by atoms with Crippen molar-refractivity contribution in [1.29, 1.82) is 0 Å². The lowest BCUT2D eigenvalue weighted by Gasteiger charge is -2.10. The van der Waals surface area contributed by atoms with E-state index in [1.165, 1.54) is 0 Å². The SMILES string of the molecule is Cc1ccc(Br)cc1-c1c(O)cccc1Cl. The number of halogens is 2. The summed E-state index contributed by atoms with van der Waals surface area (Å²) in [5.74, 6) is 0.203. The van der Waals surface area contributed by atoms with Crippen molar-refractivity contribution in [2.75, 3.05) is 0 Å². The van der Waals surface area contributed by atoms with E-state index < -0.39 is 0 Å². The fraction of sp³-hybridized carbons (Fsp3) is 0.0769. The average molecular weight is 298 g/mol. The Morgan fingerprint density at radius 3 is 2.62 bits per heavy atom. The van der Waals surface area contributed by atoms with Crippen LogP contribution in [-0.2, 0) is 0 Å². The first kappa shape index (κ1) is 11.5. The van der Waals surface area contributed by atoms with E-state index in [2.05, 4.69) is 15.9 Å². The van der Waals surface area contributed by atoms with Gasteiger partial charge >= 0.3 is 0 Å². The van der Waals surface area contributed by atoms with Crippen LogP contribution in [0.5, 0.6) is 5.75 Å².